The van der Waals surface area contributed by atoms with Crippen molar-refractivity contribution in [1.82, 2.24) is 61.0 Å². The Morgan fingerprint density at radius 2 is 0.951 bits per heavy atom. The van der Waals surface area contributed by atoms with Crippen LogP contribution in [0.3, 0.4) is 0 Å². The summed E-state index contributed by atoms with van der Waals surface area (Å²) in [6, 6.07) is -7.07. The molecule has 3 aliphatic heterocycles. The number of carbonyl (C=O) groups excluding carboxylic acids is 8. The molecule has 3 fully saturated rings. The summed E-state index contributed by atoms with van der Waals surface area (Å²) < 4.78 is 127. The predicted molar refractivity (Wildman–Crippen MR) is 257 cm³/mol. The highest BCUT2D eigenvalue weighted by atomic mass is 19.4. The lowest BCUT2D eigenvalue weighted by Crippen LogP contribution is -2.56. The van der Waals surface area contributed by atoms with Gasteiger partial charge >= 0.3 is 36.7 Å². The number of H-pyrrole nitrogens is 3. The van der Waals surface area contributed by atoms with Gasteiger partial charge in [-0.15, -0.1) is 0 Å². The van der Waals surface area contributed by atoms with Crippen LogP contribution in [0.4, 0.5) is 49.1 Å². The number of primary amides is 2. The third-order valence-corrected chi connectivity index (χ3v) is 11.8. The normalized spacial score (nSPS) is 18.7. The maximum atomic E-state index is 13.2. The van der Waals surface area contributed by atoms with Crippen molar-refractivity contribution in [2.24, 2.45) is 11.5 Å². The Morgan fingerprint density at radius 3 is 1.26 bits per heavy atom. The van der Waals surface area contributed by atoms with Gasteiger partial charge in [0, 0.05) is 55.9 Å². The molecule has 0 bridgehead atoms. The first kappa shape index (κ1) is 65.3. The minimum atomic E-state index is -4.75. The van der Waals surface area contributed by atoms with Gasteiger partial charge in [-0.2, -0.15) is 39.5 Å². The first-order chi connectivity index (χ1) is 37.3. The largest absolute Gasteiger partial charge is 0.480 e. The van der Waals surface area contributed by atoms with Gasteiger partial charge in [0.25, 0.3) is 0 Å². The number of rotatable bonds is 15. The summed E-state index contributed by atoms with van der Waals surface area (Å²) in [5.74, 6) is -5.41. The summed E-state index contributed by atoms with van der Waals surface area (Å²) >= 11 is 0. The number of ether oxygens (including phenoxy) is 2. The van der Waals surface area contributed by atoms with Crippen molar-refractivity contribution < 1.29 is 97.2 Å². The van der Waals surface area contributed by atoms with Crippen molar-refractivity contribution in [3.05, 3.63) is 53.1 Å². The second kappa shape index (κ2) is 26.4. The molecule has 0 spiro atoms. The van der Waals surface area contributed by atoms with Crippen molar-refractivity contribution in [2.75, 3.05) is 13.1 Å². The lowest BCUT2D eigenvalue weighted by molar-refractivity contribution is -0.143. The summed E-state index contributed by atoms with van der Waals surface area (Å²) in [6.07, 6.45) is -13.3. The van der Waals surface area contributed by atoms with Gasteiger partial charge in [-0.1, -0.05) is 0 Å². The summed E-state index contributed by atoms with van der Waals surface area (Å²) in [6.45, 7) is 9.90. The molecule has 6 heterocycles. The van der Waals surface area contributed by atoms with Crippen LogP contribution in [0.1, 0.15) is 114 Å². The molecule has 3 aliphatic rings. The third kappa shape index (κ3) is 19.3. The number of carbonyl (C=O) groups is 9. The van der Waals surface area contributed by atoms with Crippen molar-refractivity contribution in [1.29, 1.82) is 0 Å². The van der Waals surface area contributed by atoms with E-state index >= 15 is 0 Å². The van der Waals surface area contributed by atoms with E-state index in [9.17, 15) is 82.7 Å². The van der Waals surface area contributed by atoms with Crippen LogP contribution in [0, 0.1) is 0 Å². The van der Waals surface area contributed by atoms with Gasteiger partial charge in [0.1, 0.15) is 47.5 Å². The molecule has 81 heavy (non-hydrogen) atoms. The number of alkyl carbamates (subject to hydrolysis) is 2. The zero-order valence-corrected chi connectivity index (χ0v) is 44.2. The first-order valence-corrected chi connectivity index (χ1v) is 24.6. The molecule has 26 nitrogen and oxygen atoms in total. The summed E-state index contributed by atoms with van der Waals surface area (Å²) in [4.78, 5) is 127. The summed E-state index contributed by atoms with van der Waals surface area (Å²) in [5.41, 5.74) is 4.11. The van der Waals surface area contributed by atoms with Gasteiger partial charge in [-0.25, -0.2) is 29.3 Å². The molecule has 3 aromatic rings. The Bertz CT molecular complexity index is 2750. The third-order valence-electron chi connectivity index (χ3n) is 11.8. The number of halogens is 9. The molecule has 0 radical (unpaired) electrons. The Labute approximate surface area is 454 Å². The maximum absolute atomic E-state index is 13.2. The van der Waals surface area contributed by atoms with Crippen LogP contribution in [-0.4, -0.2) is 159 Å². The minimum absolute atomic E-state index is 0.130. The highest BCUT2D eigenvalue weighted by Crippen LogP contribution is 2.33. The topological polar surface area (TPSA) is 385 Å². The van der Waals surface area contributed by atoms with Gasteiger partial charge in [0.2, 0.25) is 35.4 Å². The van der Waals surface area contributed by atoms with E-state index in [4.69, 9.17) is 26.0 Å². The number of hydrogen-bond acceptors (Lipinski definition) is 14. The van der Waals surface area contributed by atoms with Crippen LogP contribution in [0.5, 0.6) is 0 Å². The van der Waals surface area contributed by atoms with E-state index < -0.39 is 156 Å². The van der Waals surface area contributed by atoms with Gasteiger partial charge in [0.15, 0.2) is 17.1 Å². The molecule has 6 atom stereocenters. The number of likely N-dealkylation sites (tertiary alicyclic amines) is 2. The number of alkyl halides is 9. The Hall–Kier alpha value is -8.17. The molecule has 0 aliphatic carbocycles. The molecule has 0 aromatic carbocycles. The van der Waals surface area contributed by atoms with Crippen LogP contribution in [0.2, 0.25) is 0 Å². The van der Waals surface area contributed by atoms with Crippen LogP contribution in [0.25, 0.3) is 0 Å². The fourth-order valence-electron chi connectivity index (χ4n) is 8.41. The van der Waals surface area contributed by atoms with E-state index in [0.29, 0.717) is 25.7 Å². The molecule has 35 heteroatoms. The van der Waals surface area contributed by atoms with Crippen molar-refractivity contribution in [2.45, 2.75) is 165 Å². The average molecular weight is 1170 g/mol. The number of aromatic amines is 3. The fourth-order valence-corrected chi connectivity index (χ4v) is 8.41. The molecule has 0 saturated carbocycles. The molecule has 6 unspecified atom stereocenters. The lowest BCUT2D eigenvalue weighted by Gasteiger charge is -2.28. The number of amides is 8. The molecule has 3 aromatic heterocycles. The number of aromatic nitrogens is 6. The maximum Gasteiger partial charge on any atom is 0.435 e. The number of nitrogens with zero attached hydrogens (tertiary/aromatic N) is 5. The average Bonchev–Trinajstić information content (AvgIpc) is 4.18. The van der Waals surface area contributed by atoms with Crippen LogP contribution >= 0.6 is 0 Å². The van der Waals surface area contributed by atoms with E-state index in [0.717, 1.165) is 19.0 Å². The van der Waals surface area contributed by atoms with E-state index in [2.05, 4.69) is 45.9 Å². The second-order valence-electron chi connectivity index (χ2n) is 20.4. The zero-order chi connectivity index (χ0) is 61.2. The van der Waals surface area contributed by atoms with Crippen LogP contribution in [0.15, 0.2) is 19.0 Å². The summed E-state index contributed by atoms with van der Waals surface area (Å²) in [7, 11) is 0. The highest BCUT2D eigenvalue weighted by molar-refractivity contribution is 5.96. The smallest absolute Gasteiger partial charge is 0.435 e. The van der Waals surface area contributed by atoms with E-state index in [-0.39, 0.29) is 43.2 Å². The molecule has 6 rings (SSSR count). The Kier molecular flexibility index (Phi) is 21.3. The number of nitrogens with two attached hydrogens (primary N) is 2. The Balaban J connectivity index is 0.000000265. The number of hydrogen-bond donors (Lipinski definition) is 10. The van der Waals surface area contributed by atoms with E-state index in [1.807, 2.05) is 5.32 Å². The van der Waals surface area contributed by atoms with Gasteiger partial charge < -0.3 is 72.1 Å². The van der Waals surface area contributed by atoms with Crippen molar-refractivity contribution in [3.63, 3.8) is 0 Å². The van der Waals surface area contributed by atoms with Gasteiger partial charge in [-0.3, -0.25) is 28.8 Å². The second-order valence-corrected chi connectivity index (χ2v) is 20.4. The van der Waals surface area contributed by atoms with Crippen LogP contribution in [-0.2, 0) is 80.8 Å². The predicted octanol–water partition coefficient (Wildman–Crippen LogP) is 2.50. The minimum Gasteiger partial charge on any atom is -0.480 e. The zero-order valence-electron chi connectivity index (χ0n) is 44.2. The van der Waals surface area contributed by atoms with Gasteiger partial charge in [-0.05, 0) is 73.6 Å². The van der Waals surface area contributed by atoms with Gasteiger partial charge in [0.05, 0.1) is 19.0 Å². The molecule has 12 N–H and O–H groups in total. The van der Waals surface area contributed by atoms with Crippen molar-refractivity contribution >= 4 is 53.6 Å². The number of imidazole rings is 3. The van der Waals surface area contributed by atoms with E-state index in [1.165, 1.54) is 9.80 Å². The standard InChI is InChI=1S/C17H21F3N6O4.C17H24F3N5O4.C12H16F3N3O4/c18-17(19,20)13-9(22-7-23-13)6-10(25-15(29)8-3-4-12(27)24-8)16(30)26-5-1-2-11(26)14(21)28;1-16(2,3)29-15(28)24-10(7-9-12(17(18,19)20)23-8-22-9)14(27)25-6-4-5-11(25)13(21)26;1-11(2,3)22-10(21)18-7(9(19)20)4-6-8(12(13,14)15)17-5-16-6/h7-8,10-11H,1-6H2,(H2,21,28)(H,22,23)(H,24,27)(H,25,29);8,10-11H,4-7H2,1-3H3,(H2,21,26)(H,22,23)(H,24,28);5,7H,4H2,1-3H3,(H,16,17)(H,18,21)(H,19,20). The Morgan fingerprint density at radius 1 is 0.605 bits per heavy atom. The SMILES string of the molecule is CC(C)(C)OC(=O)NC(Cc1[nH]cnc1C(F)(F)F)C(=O)N1CCCC1C(N)=O.CC(C)(C)OC(=O)NC(Cc1[nH]cnc1C(F)(F)F)C(=O)O.NC(=O)C1CCCN1C(=O)C(Cc1[nH]cnc1C(F)(F)F)NC(=O)C1CCC(=O)N1. The molecular weight excluding hydrogens is 1110 g/mol. The number of aliphatic carboxylic acids is 1. The molecule has 450 valence electrons. The number of carboxylic acid groups (broad SMARTS) is 1. The monoisotopic (exact) mass is 1170 g/mol. The van der Waals surface area contributed by atoms with E-state index in [1.54, 1.807) is 41.5 Å². The molecular formula is C46H61F9N14O12. The number of nitrogens with one attached hydrogen (secondary N) is 7. The quantitative estimate of drug-likeness (QED) is 0.0978. The fraction of sp³-hybridized carbons (Fsp3) is 0.609. The molecule has 3 saturated heterocycles. The molecule has 8 amide bonds. The highest BCUT2D eigenvalue weighted by Gasteiger charge is 2.44. The lowest BCUT2D eigenvalue weighted by atomic mass is 10.1. The number of carboxylic acids is 1. The summed E-state index contributed by atoms with van der Waals surface area (Å²) in [5, 5.41) is 18.2. The van der Waals surface area contributed by atoms with Crippen LogP contribution < -0.4 is 32.7 Å². The first-order valence-electron chi connectivity index (χ1n) is 24.6. The van der Waals surface area contributed by atoms with Crippen molar-refractivity contribution in [3.8, 4) is 0 Å².